The SMILES string of the molecule is CCNCc1ccc(CN(Cc2ccccc2)C(C)C)o1. The van der Waals surface area contributed by atoms with Gasteiger partial charge in [0.15, 0.2) is 0 Å². The largest absolute Gasteiger partial charge is 0.463 e. The molecule has 0 saturated heterocycles. The van der Waals surface area contributed by atoms with E-state index in [0.29, 0.717) is 6.04 Å². The van der Waals surface area contributed by atoms with Crippen molar-refractivity contribution in [2.75, 3.05) is 6.54 Å². The molecule has 0 spiro atoms. The highest BCUT2D eigenvalue weighted by molar-refractivity contribution is 5.15. The van der Waals surface area contributed by atoms with E-state index in [4.69, 9.17) is 4.42 Å². The van der Waals surface area contributed by atoms with Gasteiger partial charge in [-0.2, -0.15) is 0 Å². The lowest BCUT2D eigenvalue weighted by Crippen LogP contribution is -2.29. The second kappa shape index (κ2) is 8.01. The second-order valence-electron chi connectivity index (χ2n) is 5.63. The summed E-state index contributed by atoms with van der Waals surface area (Å²) in [6.45, 7) is 10.1. The Labute approximate surface area is 128 Å². The van der Waals surface area contributed by atoms with E-state index in [9.17, 15) is 0 Å². The average Bonchev–Trinajstić information content (AvgIpc) is 2.93. The minimum atomic E-state index is 0.479. The van der Waals surface area contributed by atoms with Crippen molar-refractivity contribution in [3.05, 3.63) is 59.5 Å². The third kappa shape index (κ3) is 5.03. The van der Waals surface area contributed by atoms with Crippen molar-refractivity contribution < 1.29 is 4.42 Å². The van der Waals surface area contributed by atoms with Crippen LogP contribution in [0.3, 0.4) is 0 Å². The summed E-state index contributed by atoms with van der Waals surface area (Å²) in [5.74, 6) is 2.04. The molecule has 0 aliphatic heterocycles. The van der Waals surface area contributed by atoms with Gasteiger partial charge in [-0.25, -0.2) is 0 Å². The van der Waals surface area contributed by atoms with Crippen LogP contribution in [0, 0.1) is 0 Å². The summed E-state index contributed by atoms with van der Waals surface area (Å²) in [4.78, 5) is 2.42. The Morgan fingerprint density at radius 3 is 2.38 bits per heavy atom. The molecule has 0 unspecified atom stereocenters. The molecule has 1 aromatic heterocycles. The van der Waals surface area contributed by atoms with Gasteiger partial charge in [-0.05, 0) is 38.1 Å². The minimum Gasteiger partial charge on any atom is -0.463 e. The number of nitrogens with zero attached hydrogens (tertiary/aromatic N) is 1. The molecule has 2 aromatic rings. The lowest BCUT2D eigenvalue weighted by molar-refractivity contribution is 0.186. The van der Waals surface area contributed by atoms with Gasteiger partial charge in [-0.3, -0.25) is 4.90 Å². The van der Waals surface area contributed by atoms with Crippen molar-refractivity contribution in [2.45, 2.75) is 46.4 Å². The predicted molar refractivity (Wildman–Crippen MR) is 86.9 cm³/mol. The summed E-state index contributed by atoms with van der Waals surface area (Å²) in [7, 11) is 0. The zero-order valence-electron chi connectivity index (χ0n) is 13.3. The quantitative estimate of drug-likeness (QED) is 0.800. The van der Waals surface area contributed by atoms with Crippen molar-refractivity contribution in [1.82, 2.24) is 10.2 Å². The van der Waals surface area contributed by atoms with E-state index in [2.05, 4.69) is 73.5 Å². The molecule has 0 saturated carbocycles. The van der Waals surface area contributed by atoms with Crippen LogP contribution >= 0.6 is 0 Å². The summed E-state index contributed by atoms with van der Waals surface area (Å²) in [6.07, 6.45) is 0. The molecule has 0 fully saturated rings. The van der Waals surface area contributed by atoms with Crippen molar-refractivity contribution >= 4 is 0 Å². The smallest absolute Gasteiger partial charge is 0.118 e. The maximum atomic E-state index is 5.90. The fourth-order valence-electron chi connectivity index (χ4n) is 2.29. The predicted octanol–water partition coefficient (Wildman–Crippen LogP) is 3.80. The number of rotatable bonds is 8. The maximum Gasteiger partial charge on any atom is 0.118 e. The molecule has 1 aromatic carbocycles. The standard InChI is InChI=1S/C18H26N2O/c1-4-19-12-17-10-11-18(21-17)14-20(15(2)3)13-16-8-6-5-7-9-16/h5-11,15,19H,4,12-14H2,1-3H3. The summed E-state index contributed by atoms with van der Waals surface area (Å²) >= 11 is 0. The fraction of sp³-hybridized carbons (Fsp3) is 0.444. The molecule has 0 aliphatic rings. The van der Waals surface area contributed by atoms with Crippen LogP contribution < -0.4 is 5.32 Å². The van der Waals surface area contributed by atoms with E-state index < -0.39 is 0 Å². The topological polar surface area (TPSA) is 28.4 Å². The van der Waals surface area contributed by atoms with Crippen LogP contribution in [0.5, 0.6) is 0 Å². The highest BCUT2D eigenvalue weighted by Crippen LogP contribution is 2.15. The van der Waals surface area contributed by atoms with Crippen LogP contribution in [-0.4, -0.2) is 17.5 Å². The first-order valence-corrected chi connectivity index (χ1v) is 7.75. The summed E-state index contributed by atoms with van der Waals surface area (Å²) < 4.78 is 5.90. The van der Waals surface area contributed by atoms with Gasteiger partial charge in [0.1, 0.15) is 11.5 Å². The Balaban J connectivity index is 1.97. The first-order chi connectivity index (χ1) is 10.2. The van der Waals surface area contributed by atoms with Crippen LogP contribution in [-0.2, 0) is 19.6 Å². The number of hydrogen-bond donors (Lipinski definition) is 1. The van der Waals surface area contributed by atoms with Crippen molar-refractivity contribution in [3.63, 3.8) is 0 Å². The van der Waals surface area contributed by atoms with Gasteiger partial charge in [0.25, 0.3) is 0 Å². The van der Waals surface area contributed by atoms with E-state index in [1.807, 2.05) is 0 Å². The molecule has 0 atom stereocenters. The van der Waals surface area contributed by atoms with E-state index >= 15 is 0 Å². The number of benzene rings is 1. The molecule has 2 rings (SSSR count). The van der Waals surface area contributed by atoms with E-state index in [-0.39, 0.29) is 0 Å². The van der Waals surface area contributed by atoms with E-state index in [1.54, 1.807) is 0 Å². The van der Waals surface area contributed by atoms with Crippen molar-refractivity contribution in [3.8, 4) is 0 Å². The summed E-state index contributed by atoms with van der Waals surface area (Å²) in [5.41, 5.74) is 1.34. The molecular weight excluding hydrogens is 260 g/mol. The Morgan fingerprint density at radius 1 is 1.00 bits per heavy atom. The molecule has 0 aliphatic carbocycles. The van der Waals surface area contributed by atoms with Crippen molar-refractivity contribution in [2.24, 2.45) is 0 Å². The zero-order valence-corrected chi connectivity index (χ0v) is 13.3. The molecular formula is C18H26N2O. The molecule has 1 N–H and O–H groups in total. The summed E-state index contributed by atoms with van der Waals surface area (Å²) in [5, 5.41) is 3.29. The van der Waals surface area contributed by atoms with Crippen LogP contribution in [0.4, 0.5) is 0 Å². The Bertz CT molecular complexity index is 519. The van der Waals surface area contributed by atoms with Gasteiger partial charge in [-0.1, -0.05) is 37.3 Å². The Hall–Kier alpha value is -1.58. The molecule has 0 radical (unpaired) electrons. The van der Waals surface area contributed by atoms with Gasteiger partial charge in [0.05, 0.1) is 13.1 Å². The summed E-state index contributed by atoms with van der Waals surface area (Å²) in [6, 6.07) is 15.2. The highest BCUT2D eigenvalue weighted by Gasteiger charge is 2.13. The van der Waals surface area contributed by atoms with Crippen LogP contribution in [0.2, 0.25) is 0 Å². The first-order valence-electron chi connectivity index (χ1n) is 7.75. The average molecular weight is 286 g/mol. The molecule has 21 heavy (non-hydrogen) atoms. The zero-order chi connectivity index (χ0) is 15.1. The van der Waals surface area contributed by atoms with Gasteiger partial charge in [0, 0.05) is 12.6 Å². The molecule has 114 valence electrons. The Morgan fingerprint density at radius 2 is 1.71 bits per heavy atom. The van der Waals surface area contributed by atoms with Crippen molar-refractivity contribution in [1.29, 1.82) is 0 Å². The van der Waals surface area contributed by atoms with Gasteiger partial charge >= 0.3 is 0 Å². The number of nitrogens with one attached hydrogen (secondary N) is 1. The molecule has 3 nitrogen and oxygen atoms in total. The first kappa shape index (κ1) is 15.8. The molecule has 3 heteroatoms. The number of furan rings is 1. The molecule has 0 amide bonds. The lowest BCUT2D eigenvalue weighted by atomic mass is 10.2. The van der Waals surface area contributed by atoms with Gasteiger partial charge in [0.2, 0.25) is 0 Å². The highest BCUT2D eigenvalue weighted by atomic mass is 16.3. The molecule has 1 heterocycles. The number of hydrogen-bond acceptors (Lipinski definition) is 3. The fourth-order valence-corrected chi connectivity index (χ4v) is 2.29. The van der Waals surface area contributed by atoms with E-state index in [0.717, 1.165) is 37.7 Å². The van der Waals surface area contributed by atoms with Gasteiger partial charge in [-0.15, -0.1) is 0 Å². The lowest BCUT2D eigenvalue weighted by Gasteiger charge is -2.25. The van der Waals surface area contributed by atoms with Gasteiger partial charge < -0.3 is 9.73 Å². The van der Waals surface area contributed by atoms with Crippen LogP contribution in [0.25, 0.3) is 0 Å². The third-order valence-electron chi connectivity index (χ3n) is 3.58. The monoisotopic (exact) mass is 286 g/mol. The normalized spacial score (nSPS) is 11.5. The molecule has 0 bridgehead atoms. The second-order valence-corrected chi connectivity index (χ2v) is 5.63. The maximum absolute atomic E-state index is 5.90. The minimum absolute atomic E-state index is 0.479. The van der Waals surface area contributed by atoms with Crippen LogP contribution in [0.1, 0.15) is 37.9 Å². The third-order valence-corrected chi connectivity index (χ3v) is 3.58. The van der Waals surface area contributed by atoms with E-state index in [1.165, 1.54) is 5.56 Å². The van der Waals surface area contributed by atoms with Crippen LogP contribution in [0.15, 0.2) is 46.9 Å². The Kier molecular flexibility index (Phi) is 6.03.